The lowest BCUT2D eigenvalue weighted by Gasteiger charge is -2.19. The number of aliphatic carboxylic acids is 2. The van der Waals surface area contributed by atoms with Gasteiger partial charge in [-0.1, -0.05) is 10.4 Å². The highest BCUT2D eigenvalue weighted by Crippen LogP contribution is 2.21. The first-order valence-electron chi connectivity index (χ1n) is 6.00. The molecule has 2 fully saturated rings. The number of hydrogen-bond acceptors (Lipinski definition) is 4. The molecule has 2 N–H and O–H groups in total. The third-order valence-electron chi connectivity index (χ3n) is 3.29. The summed E-state index contributed by atoms with van der Waals surface area (Å²) in [5.74, 6) is -1.83. The minimum atomic E-state index is -0.914. The molecule has 2 heterocycles. The van der Waals surface area contributed by atoms with Crippen LogP contribution in [0.1, 0.15) is 25.7 Å². The Morgan fingerprint density at radius 2 is 1.28 bits per heavy atom. The first kappa shape index (κ1) is 12.6. The van der Waals surface area contributed by atoms with Crippen LogP contribution in [0.5, 0.6) is 0 Å². The van der Waals surface area contributed by atoms with E-state index in [1.807, 2.05) is 0 Å². The van der Waals surface area contributed by atoms with Crippen molar-refractivity contribution in [3.05, 3.63) is 0 Å². The summed E-state index contributed by atoms with van der Waals surface area (Å²) < 4.78 is 0. The van der Waals surface area contributed by atoms with Crippen LogP contribution in [0.15, 0.2) is 10.4 Å². The Labute approximate surface area is 104 Å². The lowest BCUT2D eigenvalue weighted by molar-refractivity contribution is -0.144. The molecule has 0 aliphatic carbocycles. The average molecular weight is 256 g/mol. The van der Waals surface area contributed by atoms with E-state index in [2.05, 4.69) is 10.4 Å². The van der Waals surface area contributed by atoms with Gasteiger partial charge in [-0.15, -0.1) is 0 Å². The van der Waals surface area contributed by atoms with Gasteiger partial charge in [-0.2, -0.15) is 0 Å². The van der Waals surface area contributed by atoms with Gasteiger partial charge in [-0.05, 0) is 25.7 Å². The van der Waals surface area contributed by atoms with Crippen LogP contribution in [0.3, 0.4) is 0 Å². The normalized spacial score (nSPS) is 28.2. The Bertz CT molecular complexity index is 339. The second kappa shape index (κ2) is 5.19. The Morgan fingerprint density at radius 1 is 0.889 bits per heavy atom. The number of nitrogens with zero attached hydrogens (tertiary/aromatic N) is 4. The van der Waals surface area contributed by atoms with E-state index in [0.29, 0.717) is 25.9 Å². The van der Waals surface area contributed by atoms with Crippen molar-refractivity contribution >= 4 is 11.9 Å². The van der Waals surface area contributed by atoms with Crippen molar-refractivity contribution in [3.63, 3.8) is 0 Å². The first-order valence-corrected chi connectivity index (χ1v) is 6.00. The van der Waals surface area contributed by atoms with Gasteiger partial charge in [0.2, 0.25) is 0 Å². The summed E-state index contributed by atoms with van der Waals surface area (Å²) in [7, 11) is 0. The predicted octanol–water partition coefficient (Wildman–Crippen LogP) is 0.367. The largest absolute Gasteiger partial charge is 0.480 e. The molecule has 2 saturated heterocycles. The summed E-state index contributed by atoms with van der Waals surface area (Å²) in [5.41, 5.74) is 0. The van der Waals surface area contributed by atoms with E-state index in [1.165, 1.54) is 10.0 Å². The molecule has 8 heteroatoms. The Kier molecular flexibility index (Phi) is 3.63. The fraction of sp³-hybridized carbons (Fsp3) is 0.800. The van der Waals surface area contributed by atoms with Crippen molar-refractivity contribution in [2.24, 2.45) is 10.4 Å². The van der Waals surface area contributed by atoms with E-state index >= 15 is 0 Å². The van der Waals surface area contributed by atoms with Gasteiger partial charge in [0, 0.05) is 13.1 Å². The van der Waals surface area contributed by atoms with Crippen LogP contribution >= 0.6 is 0 Å². The molecule has 2 atom stereocenters. The first-order chi connectivity index (χ1) is 8.59. The van der Waals surface area contributed by atoms with Gasteiger partial charge in [0.1, 0.15) is 12.1 Å². The standard InChI is InChI=1S/C10H16N4O4/c15-9(16)7-3-1-5-13(7)11-12-14-6-2-4-8(14)10(17)18/h7-8H,1-6H2,(H,15,16)(H,17,18)/b12-11+/t7-,8-/m1/s1. The van der Waals surface area contributed by atoms with Crippen LogP contribution in [0.2, 0.25) is 0 Å². The van der Waals surface area contributed by atoms with Crippen molar-refractivity contribution in [2.45, 2.75) is 37.8 Å². The molecule has 0 aromatic rings. The molecule has 0 aromatic heterocycles. The van der Waals surface area contributed by atoms with Crippen molar-refractivity contribution in [3.8, 4) is 0 Å². The molecule has 0 saturated carbocycles. The zero-order valence-electron chi connectivity index (χ0n) is 9.90. The predicted molar refractivity (Wildman–Crippen MR) is 59.6 cm³/mol. The highest BCUT2D eigenvalue weighted by atomic mass is 16.4. The van der Waals surface area contributed by atoms with Crippen molar-refractivity contribution in [1.82, 2.24) is 10.0 Å². The molecule has 18 heavy (non-hydrogen) atoms. The van der Waals surface area contributed by atoms with E-state index < -0.39 is 24.0 Å². The topological polar surface area (TPSA) is 106 Å². The molecule has 2 rings (SSSR count). The fourth-order valence-corrected chi connectivity index (χ4v) is 2.32. The van der Waals surface area contributed by atoms with Crippen LogP contribution in [-0.2, 0) is 9.59 Å². The van der Waals surface area contributed by atoms with Gasteiger partial charge in [0.25, 0.3) is 0 Å². The quantitative estimate of drug-likeness (QED) is 0.704. The summed E-state index contributed by atoms with van der Waals surface area (Å²) in [4.78, 5) is 21.9. The zero-order valence-corrected chi connectivity index (χ0v) is 9.90. The number of carboxylic acid groups (broad SMARTS) is 2. The van der Waals surface area contributed by atoms with Crippen molar-refractivity contribution in [1.29, 1.82) is 0 Å². The van der Waals surface area contributed by atoms with E-state index in [9.17, 15) is 9.59 Å². The van der Waals surface area contributed by atoms with E-state index in [4.69, 9.17) is 10.2 Å². The molecule has 0 unspecified atom stereocenters. The van der Waals surface area contributed by atoms with Crippen molar-refractivity contribution < 1.29 is 19.8 Å². The smallest absolute Gasteiger partial charge is 0.328 e. The fourth-order valence-electron chi connectivity index (χ4n) is 2.32. The Hall–Kier alpha value is -1.86. The summed E-state index contributed by atoms with van der Waals surface area (Å²) >= 11 is 0. The molecular formula is C10H16N4O4. The van der Waals surface area contributed by atoms with Crippen LogP contribution < -0.4 is 0 Å². The highest BCUT2D eigenvalue weighted by molar-refractivity contribution is 5.74. The number of rotatable bonds is 4. The maximum atomic E-state index is 10.9. The maximum Gasteiger partial charge on any atom is 0.328 e. The van der Waals surface area contributed by atoms with Gasteiger partial charge in [-0.3, -0.25) is 10.0 Å². The summed E-state index contributed by atoms with van der Waals surface area (Å²) in [5, 5.41) is 28.5. The SMILES string of the molecule is O=C(O)[C@H]1CCCN1/N=N/N1CCC[C@@H]1C(=O)O. The number of carbonyl (C=O) groups is 2. The van der Waals surface area contributed by atoms with Gasteiger partial charge < -0.3 is 10.2 Å². The number of carboxylic acids is 2. The molecule has 0 amide bonds. The van der Waals surface area contributed by atoms with Gasteiger partial charge in [0.15, 0.2) is 0 Å². The summed E-state index contributed by atoms with van der Waals surface area (Å²) in [6.07, 6.45) is 2.63. The third-order valence-corrected chi connectivity index (χ3v) is 3.29. The molecule has 2 aliphatic heterocycles. The summed E-state index contributed by atoms with van der Waals surface area (Å²) in [6, 6.07) is -1.28. The lowest BCUT2D eigenvalue weighted by Crippen LogP contribution is -2.34. The molecule has 0 spiro atoms. The third kappa shape index (κ3) is 2.52. The molecule has 0 aromatic carbocycles. The maximum absolute atomic E-state index is 10.9. The van der Waals surface area contributed by atoms with E-state index in [0.717, 1.165) is 12.8 Å². The minimum absolute atomic E-state index is 0.548. The van der Waals surface area contributed by atoms with Gasteiger partial charge in [-0.25, -0.2) is 9.59 Å². The van der Waals surface area contributed by atoms with Crippen LogP contribution in [0.25, 0.3) is 0 Å². The molecule has 2 aliphatic rings. The molecule has 0 bridgehead atoms. The van der Waals surface area contributed by atoms with Crippen molar-refractivity contribution in [2.75, 3.05) is 13.1 Å². The Morgan fingerprint density at radius 3 is 1.61 bits per heavy atom. The van der Waals surface area contributed by atoms with E-state index in [-0.39, 0.29) is 0 Å². The van der Waals surface area contributed by atoms with Crippen LogP contribution in [0.4, 0.5) is 0 Å². The van der Waals surface area contributed by atoms with Crippen LogP contribution in [0, 0.1) is 0 Å². The minimum Gasteiger partial charge on any atom is -0.480 e. The monoisotopic (exact) mass is 256 g/mol. The molecule has 8 nitrogen and oxygen atoms in total. The number of hydrogen-bond donors (Lipinski definition) is 2. The second-order valence-electron chi connectivity index (χ2n) is 4.50. The highest BCUT2D eigenvalue weighted by Gasteiger charge is 2.32. The Balaban J connectivity index is 1.98. The molecular weight excluding hydrogens is 240 g/mol. The second-order valence-corrected chi connectivity index (χ2v) is 4.50. The van der Waals surface area contributed by atoms with Crippen LogP contribution in [-0.4, -0.2) is 57.3 Å². The summed E-state index contributed by atoms with van der Waals surface area (Å²) in [6.45, 7) is 1.10. The van der Waals surface area contributed by atoms with E-state index in [1.54, 1.807) is 0 Å². The average Bonchev–Trinajstić information content (AvgIpc) is 2.94. The lowest BCUT2D eigenvalue weighted by atomic mass is 10.2. The zero-order chi connectivity index (χ0) is 13.1. The van der Waals surface area contributed by atoms with Gasteiger partial charge >= 0.3 is 11.9 Å². The van der Waals surface area contributed by atoms with Gasteiger partial charge in [0.05, 0.1) is 0 Å². The molecule has 0 radical (unpaired) electrons. The molecule has 100 valence electrons.